The Balaban J connectivity index is 1.81. The zero-order chi connectivity index (χ0) is 23.5. The van der Waals surface area contributed by atoms with Crippen molar-refractivity contribution in [3.8, 4) is 11.5 Å². The minimum atomic E-state index is -0.368. The van der Waals surface area contributed by atoms with Crippen LogP contribution < -0.4 is 21.1 Å². The molecule has 0 aromatic heterocycles. The van der Waals surface area contributed by atoms with Gasteiger partial charge in [0.05, 0.1) is 11.4 Å². The largest absolute Gasteiger partial charge is 0.453 e. The molecule has 0 saturated heterocycles. The van der Waals surface area contributed by atoms with Gasteiger partial charge in [0, 0.05) is 11.3 Å². The van der Waals surface area contributed by atoms with Crippen molar-refractivity contribution in [3.63, 3.8) is 0 Å². The SMILES string of the molecule is CC(C)(C)c1ccc(NC(=O)Nc2cccc(N)c2Oc2ccccc2C(C)(C)C)cc1. The zero-order valence-electron chi connectivity index (χ0n) is 19.7. The maximum atomic E-state index is 12.7. The number of carbonyl (C=O) groups is 1. The normalized spacial score (nSPS) is 11.7. The van der Waals surface area contributed by atoms with Crippen LogP contribution >= 0.6 is 0 Å². The van der Waals surface area contributed by atoms with E-state index < -0.39 is 0 Å². The number of benzene rings is 3. The van der Waals surface area contributed by atoms with E-state index in [9.17, 15) is 4.79 Å². The smallest absolute Gasteiger partial charge is 0.323 e. The van der Waals surface area contributed by atoms with Crippen molar-refractivity contribution < 1.29 is 9.53 Å². The van der Waals surface area contributed by atoms with Crippen LogP contribution in [0.25, 0.3) is 0 Å². The van der Waals surface area contributed by atoms with Crippen molar-refractivity contribution in [1.82, 2.24) is 0 Å². The molecule has 3 rings (SSSR count). The van der Waals surface area contributed by atoms with Crippen LogP contribution in [0, 0.1) is 0 Å². The summed E-state index contributed by atoms with van der Waals surface area (Å²) >= 11 is 0. The van der Waals surface area contributed by atoms with E-state index in [2.05, 4.69) is 52.2 Å². The van der Waals surface area contributed by atoms with Crippen LogP contribution in [0.5, 0.6) is 11.5 Å². The van der Waals surface area contributed by atoms with E-state index >= 15 is 0 Å². The molecular weight excluding hydrogens is 398 g/mol. The lowest BCUT2D eigenvalue weighted by Crippen LogP contribution is -2.20. The Morgan fingerprint density at radius 2 is 1.44 bits per heavy atom. The molecule has 168 valence electrons. The third-order valence-corrected chi connectivity index (χ3v) is 5.21. The lowest BCUT2D eigenvalue weighted by Gasteiger charge is -2.23. The fourth-order valence-electron chi connectivity index (χ4n) is 3.39. The molecule has 3 aromatic carbocycles. The highest BCUT2D eigenvalue weighted by atomic mass is 16.5. The predicted octanol–water partition coefficient (Wildman–Crippen LogP) is 7.30. The predicted molar refractivity (Wildman–Crippen MR) is 134 cm³/mol. The molecular formula is C27H33N3O2. The second-order valence-corrected chi connectivity index (χ2v) is 9.98. The molecule has 0 aliphatic heterocycles. The highest BCUT2D eigenvalue weighted by Gasteiger charge is 2.21. The van der Waals surface area contributed by atoms with Crippen LogP contribution in [-0.2, 0) is 10.8 Å². The highest BCUT2D eigenvalue weighted by molar-refractivity contribution is 6.01. The highest BCUT2D eigenvalue weighted by Crippen LogP contribution is 2.39. The van der Waals surface area contributed by atoms with E-state index in [1.54, 1.807) is 18.2 Å². The Morgan fingerprint density at radius 1 is 0.781 bits per heavy atom. The average molecular weight is 432 g/mol. The molecule has 0 bridgehead atoms. The molecule has 2 amide bonds. The summed E-state index contributed by atoms with van der Waals surface area (Å²) in [5.74, 6) is 1.13. The van der Waals surface area contributed by atoms with Crippen molar-refractivity contribution in [2.75, 3.05) is 16.4 Å². The quantitative estimate of drug-likeness (QED) is 0.379. The van der Waals surface area contributed by atoms with Gasteiger partial charge in [-0.1, -0.05) is 77.9 Å². The standard InChI is InChI=1S/C27H33N3O2/c1-26(2,3)18-14-16-19(17-15-18)29-25(31)30-22-12-9-11-21(28)24(22)32-23-13-8-7-10-20(23)27(4,5)6/h7-17H,28H2,1-6H3,(H2,29,30,31). The van der Waals surface area contributed by atoms with Gasteiger partial charge >= 0.3 is 6.03 Å². The molecule has 4 N–H and O–H groups in total. The van der Waals surface area contributed by atoms with Crippen molar-refractivity contribution in [1.29, 1.82) is 0 Å². The van der Waals surface area contributed by atoms with Crippen molar-refractivity contribution in [2.45, 2.75) is 52.4 Å². The van der Waals surface area contributed by atoms with E-state index in [-0.39, 0.29) is 16.9 Å². The van der Waals surface area contributed by atoms with Gasteiger partial charge in [-0.3, -0.25) is 0 Å². The second kappa shape index (κ2) is 8.95. The van der Waals surface area contributed by atoms with Crippen molar-refractivity contribution in [2.24, 2.45) is 0 Å². The summed E-state index contributed by atoms with van der Waals surface area (Å²) in [5, 5.41) is 5.74. The molecule has 0 atom stereocenters. The van der Waals surface area contributed by atoms with E-state index in [0.717, 1.165) is 5.56 Å². The summed E-state index contributed by atoms with van der Waals surface area (Å²) in [6, 6.07) is 20.6. The molecule has 0 spiro atoms. The number of hydrogen-bond donors (Lipinski definition) is 3. The molecule has 0 unspecified atom stereocenters. The van der Waals surface area contributed by atoms with Gasteiger partial charge in [0.25, 0.3) is 0 Å². The minimum absolute atomic E-state index is 0.0535. The number of hydrogen-bond acceptors (Lipinski definition) is 3. The number of amides is 2. The third kappa shape index (κ3) is 5.61. The summed E-state index contributed by atoms with van der Waals surface area (Å²) < 4.78 is 6.23. The summed E-state index contributed by atoms with van der Waals surface area (Å²) in [6.07, 6.45) is 0. The first-order valence-corrected chi connectivity index (χ1v) is 10.8. The van der Waals surface area contributed by atoms with E-state index in [1.165, 1.54) is 5.56 Å². The maximum Gasteiger partial charge on any atom is 0.323 e. The van der Waals surface area contributed by atoms with Crippen LogP contribution in [0.3, 0.4) is 0 Å². The number of urea groups is 1. The van der Waals surface area contributed by atoms with Gasteiger partial charge < -0.3 is 21.1 Å². The topological polar surface area (TPSA) is 76.4 Å². The fourth-order valence-corrected chi connectivity index (χ4v) is 3.39. The Bertz CT molecular complexity index is 1090. The monoisotopic (exact) mass is 431 g/mol. The van der Waals surface area contributed by atoms with Crippen LogP contribution in [0.2, 0.25) is 0 Å². The van der Waals surface area contributed by atoms with Crippen LogP contribution in [0.1, 0.15) is 52.7 Å². The zero-order valence-corrected chi connectivity index (χ0v) is 19.7. The minimum Gasteiger partial charge on any atom is -0.453 e. The van der Waals surface area contributed by atoms with Crippen molar-refractivity contribution in [3.05, 3.63) is 77.9 Å². The van der Waals surface area contributed by atoms with Gasteiger partial charge in [0.15, 0.2) is 5.75 Å². The summed E-state index contributed by atoms with van der Waals surface area (Å²) in [5.41, 5.74) is 10.1. The number of nitrogens with two attached hydrogens (primary N) is 1. The first-order chi connectivity index (χ1) is 14.9. The Labute approximate surface area is 191 Å². The van der Waals surface area contributed by atoms with Gasteiger partial charge in [-0.05, 0) is 46.7 Å². The molecule has 0 aliphatic rings. The molecule has 3 aromatic rings. The number of ether oxygens (including phenoxy) is 1. The number of anilines is 3. The third-order valence-electron chi connectivity index (χ3n) is 5.21. The van der Waals surface area contributed by atoms with Gasteiger partial charge in [0.2, 0.25) is 0 Å². The Morgan fingerprint density at radius 3 is 2.06 bits per heavy atom. The maximum absolute atomic E-state index is 12.7. The number of nitrogen functional groups attached to an aromatic ring is 1. The number of nitrogens with one attached hydrogen (secondary N) is 2. The molecule has 0 radical (unpaired) electrons. The average Bonchev–Trinajstić information content (AvgIpc) is 2.70. The number of para-hydroxylation sites is 2. The van der Waals surface area contributed by atoms with E-state index in [4.69, 9.17) is 10.5 Å². The summed E-state index contributed by atoms with van der Waals surface area (Å²) in [4.78, 5) is 12.7. The van der Waals surface area contributed by atoms with Gasteiger partial charge in [-0.25, -0.2) is 4.79 Å². The lowest BCUT2D eigenvalue weighted by atomic mass is 9.86. The van der Waals surface area contributed by atoms with Crippen LogP contribution in [-0.4, -0.2) is 6.03 Å². The van der Waals surface area contributed by atoms with Crippen molar-refractivity contribution >= 4 is 23.1 Å². The molecule has 32 heavy (non-hydrogen) atoms. The molecule has 5 heteroatoms. The first-order valence-electron chi connectivity index (χ1n) is 10.8. The Hall–Kier alpha value is -3.47. The van der Waals surface area contributed by atoms with Gasteiger partial charge in [-0.2, -0.15) is 0 Å². The van der Waals surface area contributed by atoms with Crippen LogP contribution in [0.4, 0.5) is 21.9 Å². The fraction of sp³-hybridized carbons (Fsp3) is 0.296. The molecule has 0 saturated carbocycles. The molecule has 0 heterocycles. The Kier molecular flexibility index (Phi) is 6.49. The molecule has 0 aliphatic carbocycles. The lowest BCUT2D eigenvalue weighted by molar-refractivity contribution is 0.262. The molecule has 5 nitrogen and oxygen atoms in total. The second-order valence-electron chi connectivity index (χ2n) is 9.98. The summed E-state index contributed by atoms with van der Waals surface area (Å²) in [6.45, 7) is 12.8. The van der Waals surface area contributed by atoms with E-state index in [0.29, 0.717) is 28.6 Å². The molecule has 0 fully saturated rings. The van der Waals surface area contributed by atoms with Gasteiger partial charge in [0.1, 0.15) is 5.75 Å². The first kappa shape index (κ1) is 23.2. The number of rotatable bonds is 4. The van der Waals surface area contributed by atoms with Gasteiger partial charge in [-0.15, -0.1) is 0 Å². The summed E-state index contributed by atoms with van der Waals surface area (Å²) in [7, 11) is 0. The van der Waals surface area contributed by atoms with Crippen LogP contribution in [0.15, 0.2) is 66.7 Å². The number of carbonyl (C=O) groups excluding carboxylic acids is 1. The van der Waals surface area contributed by atoms with E-state index in [1.807, 2.05) is 48.5 Å².